The first kappa shape index (κ1) is 13.6. The second-order valence-corrected chi connectivity index (χ2v) is 4.74. The lowest BCUT2D eigenvalue weighted by Gasteiger charge is -2.11. The van der Waals surface area contributed by atoms with Gasteiger partial charge in [-0.25, -0.2) is 4.98 Å². The highest BCUT2D eigenvalue weighted by molar-refractivity contribution is 6.31. The van der Waals surface area contributed by atoms with Crippen molar-refractivity contribution in [3.63, 3.8) is 0 Å². The fourth-order valence-electron chi connectivity index (χ4n) is 1.68. The Morgan fingerprint density at radius 2 is 2.32 bits per heavy atom. The van der Waals surface area contributed by atoms with Crippen LogP contribution in [0.2, 0.25) is 5.02 Å². The second kappa shape index (κ2) is 5.87. The standard InChI is InChI=1S/C14H14ClN3O/c1-9-7-18-14(19-9)10(2)17-8-12-4-3-11(6-16)5-13(12)15/h3-5,7,10,17H,8H2,1-2H3. The van der Waals surface area contributed by atoms with E-state index in [1.54, 1.807) is 18.3 Å². The average molecular weight is 276 g/mol. The van der Waals surface area contributed by atoms with Crippen molar-refractivity contribution in [2.24, 2.45) is 0 Å². The Morgan fingerprint density at radius 1 is 1.53 bits per heavy atom. The van der Waals surface area contributed by atoms with Gasteiger partial charge in [-0.2, -0.15) is 5.26 Å². The summed E-state index contributed by atoms with van der Waals surface area (Å²) in [6.45, 7) is 4.43. The van der Waals surface area contributed by atoms with E-state index in [0.717, 1.165) is 11.3 Å². The highest BCUT2D eigenvalue weighted by Gasteiger charge is 2.11. The minimum absolute atomic E-state index is 0.000380. The lowest BCUT2D eigenvalue weighted by atomic mass is 10.1. The smallest absolute Gasteiger partial charge is 0.211 e. The molecule has 0 radical (unpaired) electrons. The topological polar surface area (TPSA) is 61.9 Å². The summed E-state index contributed by atoms with van der Waals surface area (Å²) < 4.78 is 5.45. The van der Waals surface area contributed by atoms with Crippen LogP contribution in [0, 0.1) is 18.3 Å². The normalized spacial score (nSPS) is 12.1. The van der Waals surface area contributed by atoms with Crippen molar-refractivity contribution in [1.82, 2.24) is 10.3 Å². The van der Waals surface area contributed by atoms with Crippen molar-refractivity contribution in [3.8, 4) is 6.07 Å². The fraction of sp³-hybridized carbons (Fsp3) is 0.286. The Labute approximate surface area is 117 Å². The van der Waals surface area contributed by atoms with E-state index in [-0.39, 0.29) is 6.04 Å². The Kier molecular flexibility index (Phi) is 4.20. The first-order valence-electron chi connectivity index (χ1n) is 5.94. The minimum Gasteiger partial charge on any atom is -0.444 e. The Balaban J connectivity index is 2.01. The van der Waals surface area contributed by atoms with Crippen molar-refractivity contribution in [3.05, 3.63) is 52.2 Å². The summed E-state index contributed by atoms with van der Waals surface area (Å²) in [7, 11) is 0. The number of hydrogen-bond acceptors (Lipinski definition) is 4. The van der Waals surface area contributed by atoms with Crippen LogP contribution in [0.4, 0.5) is 0 Å². The summed E-state index contributed by atoms with van der Waals surface area (Å²) in [4.78, 5) is 4.17. The van der Waals surface area contributed by atoms with Crippen LogP contribution >= 0.6 is 11.6 Å². The van der Waals surface area contributed by atoms with Gasteiger partial charge in [0, 0.05) is 11.6 Å². The van der Waals surface area contributed by atoms with Gasteiger partial charge >= 0.3 is 0 Å². The number of nitrogens with one attached hydrogen (secondary N) is 1. The summed E-state index contributed by atoms with van der Waals surface area (Å²) >= 11 is 6.11. The van der Waals surface area contributed by atoms with Crippen LogP contribution in [0.1, 0.15) is 35.7 Å². The summed E-state index contributed by atoms with van der Waals surface area (Å²) in [5.41, 5.74) is 1.50. The number of nitrogens with zero attached hydrogens (tertiary/aromatic N) is 2. The predicted octanol–water partition coefficient (Wildman–Crippen LogP) is 3.36. The molecular weight excluding hydrogens is 262 g/mol. The van der Waals surface area contributed by atoms with Crippen LogP contribution in [0.3, 0.4) is 0 Å². The number of nitriles is 1. The second-order valence-electron chi connectivity index (χ2n) is 4.33. The van der Waals surface area contributed by atoms with Crippen LogP contribution in [-0.2, 0) is 6.54 Å². The summed E-state index contributed by atoms with van der Waals surface area (Å²) in [5.74, 6) is 1.45. The molecule has 19 heavy (non-hydrogen) atoms. The Bertz CT molecular complexity index is 615. The zero-order valence-corrected chi connectivity index (χ0v) is 11.5. The zero-order valence-electron chi connectivity index (χ0n) is 10.8. The quantitative estimate of drug-likeness (QED) is 0.929. The van der Waals surface area contributed by atoms with Crippen molar-refractivity contribution in [1.29, 1.82) is 5.26 Å². The monoisotopic (exact) mass is 275 g/mol. The van der Waals surface area contributed by atoms with E-state index in [4.69, 9.17) is 21.3 Å². The molecule has 1 N–H and O–H groups in total. The van der Waals surface area contributed by atoms with Crippen LogP contribution < -0.4 is 5.32 Å². The zero-order chi connectivity index (χ0) is 13.8. The first-order chi connectivity index (χ1) is 9.10. The molecule has 0 aliphatic carbocycles. The molecule has 4 nitrogen and oxygen atoms in total. The molecule has 0 saturated heterocycles. The van der Waals surface area contributed by atoms with Gasteiger partial charge in [-0.1, -0.05) is 17.7 Å². The van der Waals surface area contributed by atoms with E-state index in [0.29, 0.717) is 23.0 Å². The molecule has 5 heteroatoms. The maximum absolute atomic E-state index is 8.78. The van der Waals surface area contributed by atoms with E-state index in [2.05, 4.69) is 16.4 Å². The lowest BCUT2D eigenvalue weighted by molar-refractivity contribution is 0.402. The molecule has 0 spiro atoms. The first-order valence-corrected chi connectivity index (χ1v) is 6.32. The van der Waals surface area contributed by atoms with Crippen molar-refractivity contribution >= 4 is 11.6 Å². The third-order valence-corrected chi connectivity index (χ3v) is 3.14. The molecule has 0 amide bonds. The molecule has 0 fully saturated rings. The van der Waals surface area contributed by atoms with Gasteiger partial charge in [-0.3, -0.25) is 0 Å². The number of rotatable bonds is 4. The average Bonchev–Trinajstić information content (AvgIpc) is 2.83. The third-order valence-electron chi connectivity index (χ3n) is 2.79. The Hall–Kier alpha value is -1.83. The van der Waals surface area contributed by atoms with Crippen LogP contribution in [0.15, 0.2) is 28.8 Å². The molecule has 1 aromatic carbocycles. The van der Waals surface area contributed by atoms with Gasteiger partial charge in [-0.15, -0.1) is 0 Å². The highest BCUT2D eigenvalue weighted by atomic mass is 35.5. The third kappa shape index (κ3) is 3.34. The van der Waals surface area contributed by atoms with Gasteiger partial charge < -0.3 is 9.73 Å². The van der Waals surface area contributed by atoms with Crippen LogP contribution in [0.25, 0.3) is 0 Å². The molecule has 0 aliphatic heterocycles. The van der Waals surface area contributed by atoms with Gasteiger partial charge in [0.15, 0.2) is 0 Å². The van der Waals surface area contributed by atoms with Gasteiger partial charge in [0.25, 0.3) is 0 Å². The molecule has 1 heterocycles. The molecule has 2 aromatic rings. The molecule has 98 valence electrons. The summed E-state index contributed by atoms with van der Waals surface area (Å²) in [6, 6.07) is 7.33. The largest absolute Gasteiger partial charge is 0.444 e. The SMILES string of the molecule is Cc1cnc(C(C)NCc2ccc(C#N)cc2Cl)o1. The predicted molar refractivity (Wildman–Crippen MR) is 72.7 cm³/mol. The highest BCUT2D eigenvalue weighted by Crippen LogP contribution is 2.19. The van der Waals surface area contributed by atoms with E-state index in [1.165, 1.54) is 0 Å². The van der Waals surface area contributed by atoms with Crippen LogP contribution in [-0.4, -0.2) is 4.98 Å². The number of oxazole rings is 1. The number of hydrogen-bond donors (Lipinski definition) is 1. The molecule has 2 rings (SSSR count). The molecule has 1 atom stereocenters. The van der Waals surface area contributed by atoms with Crippen LogP contribution in [0.5, 0.6) is 0 Å². The summed E-state index contributed by atoms with van der Waals surface area (Å²) in [5, 5.41) is 12.6. The van der Waals surface area contributed by atoms with Gasteiger partial charge in [0.1, 0.15) is 5.76 Å². The van der Waals surface area contributed by atoms with Gasteiger partial charge in [0.2, 0.25) is 5.89 Å². The number of aryl methyl sites for hydroxylation is 1. The fourth-order valence-corrected chi connectivity index (χ4v) is 1.93. The number of benzene rings is 1. The van der Waals surface area contributed by atoms with Crippen molar-refractivity contribution in [2.75, 3.05) is 0 Å². The maximum Gasteiger partial charge on any atom is 0.211 e. The van der Waals surface area contributed by atoms with E-state index in [1.807, 2.05) is 19.9 Å². The molecular formula is C14H14ClN3O. The van der Waals surface area contributed by atoms with Crippen molar-refractivity contribution in [2.45, 2.75) is 26.4 Å². The van der Waals surface area contributed by atoms with E-state index in [9.17, 15) is 0 Å². The minimum atomic E-state index is 0.000380. The molecule has 1 unspecified atom stereocenters. The lowest BCUT2D eigenvalue weighted by Crippen LogP contribution is -2.18. The number of halogens is 1. The van der Waals surface area contributed by atoms with E-state index < -0.39 is 0 Å². The molecule has 0 saturated carbocycles. The molecule has 1 aromatic heterocycles. The molecule has 0 bridgehead atoms. The summed E-state index contributed by atoms with van der Waals surface area (Å²) in [6.07, 6.45) is 1.70. The number of aromatic nitrogens is 1. The Morgan fingerprint density at radius 3 is 2.89 bits per heavy atom. The maximum atomic E-state index is 8.78. The molecule has 0 aliphatic rings. The van der Waals surface area contributed by atoms with Gasteiger partial charge in [0.05, 0.1) is 23.9 Å². The van der Waals surface area contributed by atoms with E-state index >= 15 is 0 Å². The van der Waals surface area contributed by atoms with Gasteiger partial charge in [-0.05, 0) is 31.5 Å². The van der Waals surface area contributed by atoms with Crippen molar-refractivity contribution < 1.29 is 4.42 Å².